The molecule has 0 bridgehead atoms. The molecule has 15 heavy (non-hydrogen) atoms. The molecule has 1 aliphatic carbocycles. The molecule has 0 atom stereocenters. The van der Waals surface area contributed by atoms with Gasteiger partial charge in [0.2, 0.25) is 0 Å². The molecule has 0 aromatic heterocycles. The van der Waals surface area contributed by atoms with Crippen LogP contribution < -0.4 is 5.32 Å². The summed E-state index contributed by atoms with van der Waals surface area (Å²) in [7, 11) is 0. The molecule has 0 spiro atoms. The average Bonchev–Trinajstić information content (AvgIpc) is 2.07. The summed E-state index contributed by atoms with van der Waals surface area (Å²) in [6.07, 6.45) is 8.37. The van der Waals surface area contributed by atoms with Crippen molar-refractivity contribution >= 4 is 5.91 Å². The van der Waals surface area contributed by atoms with Gasteiger partial charge in [0.1, 0.15) is 5.60 Å². The van der Waals surface area contributed by atoms with Gasteiger partial charge in [-0.25, -0.2) is 0 Å². The lowest BCUT2D eigenvalue weighted by Gasteiger charge is -2.25. The van der Waals surface area contributed by atoms with Crippen LogP contribution in [0.1, 0.15) is 58.8 Å². The van der Waals surface area contributed by atoms with E-state index in [0.717, 1.165) is 12.8 Å². The van der Waals surface area contributed by atoms with E-state index in [1.54, 1.807) is 0 Å². The van der Waals surface area contributed by atoms with E-state index in [9.17, 15) is 9.90 Å². The summed E-state index contributed by atoms with van der Waals surface area (Å²) in [5, 5.41) is 12.5. The minimum atomic E-state index is -1.25. The fourth-order valence-corrected chi connectivity index (χ4v) is 1.96. The van der Waals surface area contributed by atoms with Crippen molar-refractivity contribution in [3.05, 3.63) is 0 Å². The van der Waals surface area contributed by atoms with Crippen LogP contribution in [0.25, 0.3) is 0 Å². The Labute approximate surface area is 92.3 Å². The van der Waals surface area contributed by atoms with E-state index in [-0.39, 0.29) is 11.9 Å². The third-order valence-corrected chi connectivity index (χ3v) is 3.00. The third-order valence-electron chi connectivity index (χ3n) is 3.00. The summed E-state index contributed by atoms with van der Waals surface area (Å²) in [5.74, 6) is -0.243. The largest absolute Gasteiger partial charge is 0.381 e. The van der Waals surface area contributed by atoms with Gasteiger partial charge in [-0.2, -0.15) is 0 Å². The van der Waals surface area contributed by atoms with Crippen LogP contribution in [0, 0.1) is 0 Å². The molecule has 3 nitrogen and oxygen atoms in total. The molecule has 88 valence electrons. The first-order valence-corrected chi connectivity index (χ1v) is 6.03. The monoisotopic (exact) mass is 213 g/mol. The molecule has 0 radical (unpaired) electrons. The molecule has 1 amide bonds. The number of rotatable bonds is 2. The predicted molar refractivity (Wildman–Crippen MR) is 60.5 cm³/mol. The topological polar surface area (TPSA) is 49.3 Å². The molecule has 1 aliphatic rings. The summed E-state index contributed by atoms with van der Waals surface area (Å²) in [4.78, 5) is 11.6. The molecule has 1 fully saturated rings. The highest BCUT2D eigenvalue weighted by Crippen LogP contribution is 2.17. The summed E-state index contributed by atoms with van der Waals surface area (Å²) < 4.78 is 0. The van der Waals surface area contributed by atoms with E-state index in [1.807, 2.05) is 0 Å². The zero-order chi connectivity index (χ0) is 11.3. The molecule has 1 rings (SSSR count). The van der Waals surface area contributed by atoms with Crippen LogP contribution in [0.2, 0.25) is 0 Å². The van der Waals surface area contributed by atoms with Gasteiger partial charge >= 0.3 is 0 Å². The van der Waals surface area contributed by atoms with Crippen LogP contribution in [-0.4, -0.2) is 22.7 Å². The van der Waals surface area contributed by atoms with Gasteiger partial charge in [0, 0.05) is 6.04 Å². The van der Waals surface area contributed by atoms with Gasteiger partial charge in [0.05, 0.1) is 0 Å². The molecule has 0 aromatic carbocycles. The first kappa shape index (κ1) is 12.5. The minimum Gasteiger partial charge on any atom is -0.381 e. The Kier molecular flexibility index (Phi) is 4.58. The van der Waals surface area contributed by atoms with E-state index in [1.165, 1.54) is 46.0 Å². The fourth-order valence-electron chi connectivity index (χ4n) is 1.96. The summed E-state index contributed by atoms with van der Waals surface area (Å²) in [6.45, 7) is 3.07. The average molecular weight is 213 g/mol. The second kappa shape index (κ2) is 5.50. The second-order valence-electron chi connectivity index (χ2n) is 5.07. The van der Waals surface area contributed by atoms with Gasteiger partial charge in [-0.05, 0) is 26.7 Å². The van der Waals surface area contributed by atoms with Crippen LogP contribution in [0.5, 0.6) is 0 Å². The molecule has 1 saturated carbocycles. The van der Waals surface area contributed by atoms with Crippen molar-refractivity contribution in [2.45, 2.75) is 70.4 Å². The van der Waals surface area contributed by atoms with Crippen LogP contribution in [0.15, 0.2) is 0 Å². The van der Waals surface area contributed by atoms with Crippen molar-refractivity contribution < 1.29 is 9.90 Å². The molecule has 0 unspecified atom stereocenters. The highest BCUT2D eigenvalue weighted by atomic mass is 16.3. The number of carbonyl (C=O) groups is 1. The molecule has 2 N–H and O–H groups in total. The summed E-state index contributed by atoms with van der Waals surface area (Å²) in [6, 6.07) is 0.268. The number of aliphatic hydroxyl groups is 1. The lowest BCUT2D eigenvalue weighted by atomic mass is 9.96. The standard InChI is InChI=1S/C12H23NO2/c1-12(2,15)11(14)13-10-8-6-4-3-5-7-9-10/h10,15H,3-9H2,1-2H3,(H,13,14). The van der Waals surface area contributed by atoms with Crippen molar-refractivity contribution in [3.63, 3.8) is 0 Å². The highest BCUT2D eigenvalue weighted by Gasteiger charge is 2.25. The number of hydrogen-bond donors (Lipinski definition) is 2. The molecule has 0 heterocycles. The zero-order valence-electron chi connectivity index (χ0n) is 9.88. The Morgan fingerprint density at radius 2 is 1.60 bits per heavy atom. The van der Waals surface area contributed by atoms with Crippen molar-refractivity contribution in [3.8, 4) is 0 Å². The second-order valence-corrected chi connectivity index (χ2v) is 5.07. The quantitative estimate of drug-likeness (QED) is 0.737. The maximum absolute atomic E-state index is 11.6. The number of hydrogen-bond acceptors (Lipinski definition) is 2. The lowest BCUT2D eigenvalue weighted by Crippen LogP contribution is -2.46. The molecular weight excluding hydrogens is 190 g/mol. The van der Waals surface area contributed by atoms with Crippen LogP contribution >= 0.6 is 0 Å². The minimum absolute atomic E-state index is 0.243. The third kappa shape index (κ3) is 4.65. The highest BCUT2D eigenvalue weighted by molar-refractivity contribution is 5.84. The zero-order valence-corrected chi connectivity index (χ0v) is 9.88. The van der Waals surface area contributed by atoms with Gasteiger partial charge in [0.25, 0.3) is 5.91 Å². The van der Waals surface area contributed by atoms with Crippen LogP contribution in [0.4, 0.5) is 0 Å². The number of carbonyl (C=O) groups excluding carboxylic acids is 1. The van der Waals surface area contributed by atoms with Crippen molar-refractivity contribution in [1.82, 2.24) is 5.32 Å². The Morgan fingerprint density at radius 1 is 1.13 bits per heavy atom. The molecule has 3 heteroatoms. The van der Waals surface area contributed by atoms with Crippen molar-refractivity contribution in [1.29, 1.82) is 0 Å². The fraction of sp³-hybridized carbons (Fsp3) is 0.917. The molecule has 0 saturated heterocycles. The van der Waals surface area contributed by atoms with Crippen LogP contribution in [-0.2, 0) is 4.79 Å². The molecule has 0 aromatic rings. The van der Waals surface area contributed by atoms with Gasteiger partial charge in [-0.3, -0.25) is 4.79 Å². The Balaban J connectivity index is 2.38. The van der Waals surface area contributed by atoms with E-state index in [0.29, 0.717) is 0 Å². The van der Waals surface area contributed by atoms with Gasteiger partial charge < -0.3 is 10.4 Å². The summed E-state index contributed by atoms with van der Waals surface area (Å²) in [5.41, 5.74) is -1.25. The Morgan fingerprint density at radius 3 is 2.07 bits per heavy atom. The van der Waals surface area contributed by atoms with E-state index >= 15 is 0 Å². The van der Waals surface area contributed by atoms with Gasteiger partial charge in [0.15, 0.2) is 0 Å². The predicted octanol–water partition coefficient (Wildman–Crippen LogP) is 1.99. The van der Waals surface area contributed by atoms with E-state index < -0.39 is 5.60 Å². The van der Waals surface area contributed by atoms with Crippen molar-refractivity contribution in [2.75, 3.05) is 0 Å². The first-order chi connectivity index (χ1) is 7.00. The first-order valence-electron chi connectivity index (χ1n) is 6.03. The van der Waals surface area contributed by atoms with Crippen LogP contribution in [0.3, 0.4) is 0 Å². The maximum Gasteiger partial charge on any atom is 0.251 e. The van der Waals surface area contributed by atoms with Gasteiger partial charge in [-0.15, -0.1) is 0 Å². The van der Waals surface area contributed by atoms with E-state index in [4.69, 9.17) is 0 Å². The number of amides is 1. The SMILES string of the molecule is CC(C)(O)C(=O)NC1CCCCCCC1. The van der Waals surface area contributed by atoms with Gasteiger partial charge in [-0.1, -0.05) is 32.1 Å². The smallest absolute Gasteiger partial charge is 0.251 e. The van der Waals surface area contributed by atoms with Crippen molar-refractivity contribution in [2.24, 2.45) is 0 Å². The Bertz CT molecular complexity index is 200. The number of nitrogens with one attached hydrogen (secondary N) is 1. The summed E-state index contributed by atoms with van der Waals surface area (Å²) >= 11 is 0. The normalized spacial score (nSPS) is 20.5. The molecule has 0 aliphatic heterocycles. The Hall–Kier alpha value is -0.570. The molecular formula is C12H23NO2. The maximum atomic E-state index is 11.6. The van der Waals surface area contributed by atoms with E-state index in [2.05, 4.69) is 5.32 Å². The lowest BCUT2D eigenvalue weighted by molar-refractivity contribution is -0.137.